The minimum absolute atomic E-state index is 0.00344. The molecule has 4 fully saturated rings. The summed E-state index contributed by atoms with van der Waals surface area (Å²) in [7, 11) is 5.85. The van der Waals surface area contributed by atoms with E-state index in [0.717, 1.165) is 42.9 Å². The summed E-state index contributed by atoms with van der Waals surface area (Å²) < 4.78 is 83.5. The maximum absolute atomic E-state index is 15.9. The lowest BCUT2D eigenvalue weighted by atomic mass is 9.85. The predicted molar refractivity (Wildman–Crippen MR) is 468 cm³/mol. The van der Waals surface area contributed by atoms with Gasteiger partial charge >= 0.3 is 12.0 Å². The van der Waals surface area contributed by atoms with Crippen LogP contribution in [0.5, 0.6) is 28.7 Å². The molecule has 7 aliphatic heterocycles. The Hall–Kier alpha value is -16.1. The van der Waals surface area contributed by atoms with E-state index >= 15 is 8.78 Å². The lowest BCUT2D eigenvalue weighted by molar-refractivity contribution is -0.143. The molecule has 0 bridgehead atoms. The van der Waals surface area contributed by atoms with E-state index in [4.69, 9.17) is 18.9 Å². The van der Waals surface area contributed by atoms with E-state index < -0.39 is 98.4 Å². The van der Waals surface area contributed by atoms with Crippen LogP contribution in [-0.2, 0) is 55.4 Å². The van der Waals surface area contributed by atoms with Gasteiger partial charge < -0.3 is 54.2 Å². The van der Waals surface area contributed by atoms with Crippen molar-refractivity contribution < 1.29 is 94.8 Å². The SMILES string of the molecule is CCN1CCN(/C(=N\O)c2ccc(C#C[C@]3(CN4Cc5ccc(OC)c(F)c5C4=O)NC(=O)NC3=O)cc2F)[C@@H](C)C1.COc1ccc2c(c1)C(=O)N(C[C@@]1(C#Cc3ccc(-c4nc(-c5ccncc5)ccc4O)cc3)CC(=O)NC1=O)C2.COc1ccc2c(c1F)C(=O)N(C[C@@]1(C#Cc3ccc(-c4nc(-c5cnn(C)c5)ccc4OC(=O)C(C)(C)C)c(F)c3)CC(=O)NC1=O)C2. The van der Waals surface area contributed by atoms with Crippen LogP contribution < -0.4 is 40.2 Å². The third-order valence-electron chi connectivity index (χ3n) is 23.3. The Labute approximate surface area is 753 Å². The van der Waals surface area contributed by atoms with Gasteiger partial charge in [0.15, 0.2) is 34.7 Å². The van der Waals surface area contributed by atoms with Gasteiger partial charge in [0.25, 0.3) is 23.6 Å². The number of aryl methyl sites for hydroxylation is 1. The zero-order valence-electron chi connectivity index (χ0n) is 72.7. The van der Waals surface area contributed by atoms with E-state index in [0.29, 0.717) is 69.3 Å². The minimum atomic E-state index is -1.86. The van der Waals surface area contributed by atoms with Gasteiger partial charge in [0.2, 0.25) is 29.2 Å². The largest absolute Gasteiger partial charge is 0.506 e. The van der Waals surface area contributed by atoms with Gasteiger partial charge in [-0.15, -0.1) is 0 Å². The molecule has 4 aromatic heterocycles. The van der Waals surface area contributed by atoms with Crippen molar-refractivity contribution in [1.82, 2.24) is 70.5 Å². The first-order valence-corrected chi connectivity index (χ1v) is 41.6. The van der Waals surface area contributed by atoms with E-state index in [1.165, 1.54) is 67.5 Å². The first-order valence-electron chi connectivity index (χ1n) is 41.6. The highest BCUT2D eigenvalue weighted by atomic mass is 19.1. The molecule has 31 nitrogen and oxygen atoms in total. The van der Waals surface area contributed by atoms with Gasteiger partial charge in [-0.1, -0.05) is 77.9 Å². The number of oxime groups is 1. The van der Waals surface area contributed by atoms with Gasteiger partial charge in [0.05, 0.1) is 80.4 Å². The standard InChI is InChI=1S/C36H31F2N5O6.C32H24N4O5.C29H30F2N6O5/c1-35(2,3)34(47)49-27-11-9-25(22-16-39-42(4)17-22)40-31(27)23-8-6-20(14-24(23)37)12-13-36(15-28(44)41-33(36)46)19-43-18-21-7-10-26(48-5)30(38)29(21)32(43)45;1-41-24-7-6-23-18-36(30(39)25(23)16-24)19-32(17-28(38)35-31(32)40)13-10-20-2-4-22(5-3-20)29-27(37)9-8-26(34-29)21-11-14-33-15-12-21;1-4-35-11-12-37(17(2)14-35)25(34-41)20-7-5-18(13-21(20)30)9-10-29(27(39)32-28(40)33-29)16-36-15-19-6-8-22(42-3)24(31)23(19)26(36)38/h6-11,14,16-17H,15,18-19H2,1-5H3,(H,41,44,46);2-9,11-12,14-16,37H,17-19H2,1H3,(H,35,38,40);5-8,13,17,41H,4,11-12,14-16H2,1-3H3,(H2,32,33,39,40)/b;;34-25-/t36-;32-;17-,29+/m110/s1. The number of fused-ring (bicyclic) bond motifs is 3. The van der Waals surface area contributed by atoms with Crippen LogP contribution in [0.1, 0.15) is 117 Å². The Morgan fingerprint density at radius 2 is 1.13 bits per heavy atom. The van der Waals surface area contributed by atoms with Crippen LogP contribution in [0.2, 0.25) is 0 Å². The van der Waals surface area contributed by atoms with Crippen LogP contribution >= 0.6 is 0 Å². The molecule has 672 valence electrons. The molecule has 4 atom stereocenters. The molecule has 4 saturated heterocycles. The molecule has 0 spiro atoms. The maximum atomic E-state index is 15.9. The quantitative estimate of drug-likeness (QED) is 0.00603. The molecule has 0 saturated carbocycles. The molecule has 35 heteroatoms. The number of hydrogen-bond acceptors (Lipinski definition) is 22. The number of amides is 10. The fourth-order valence-electron chi connectivity index (χ4n) is 16.2. The van der Waals surface area contributed by atoms with Crippen molar-refractivity contribution in [3.05, 3.63) is 243 Å². The normalized spacial score (nSPS) is 18.9. The Balaban J connectivity index is 0.000000152. The van der Waals surface area contributed by atoms with Crippen molar-refractivity contribution in [2.75, 3.05) is 67.1 Å². The second-order valence-electron chi connectivity index (χ2n) is 33.3. The minimum Gasteiger partial charge on any atom is -0.506 e. The molecule has 0 aliphatic carbocycles. The summed E-state index contributed by atoms with van der Waals surface area (Å²) in [6.45, 7) is 11.6. The molecule has 132 heavy (non-hydrogen) atoms. The summed E-state index contributed by atoms with van der Waals surface area (Å²) in [6.07, 6.45) is 6.21. The number of imide groups is 3. The highest BCUT2D eigenvalue weighted by molar-refractivity contribution is 6.12. The zero-order valence-corrected chi connectivity index (χ0v) is 72.7. The van der Waals surface area contributed by atoms with Crippen molar-refractivity contribution in [2.45, 2.75) is 78.7 Å². The van der Waals surface area contributed by atoms with Gasteiger partial charge in [-0.25, -0.2) is 32.3 Å². The summed E-state index contributed by atoms with van der Waals surface area (Å²) in [4.78, 5) is 149. The average Bonchev–Trinajstić information content (AvgIpc) is 1.61. The van der Waals surface area contributed by atoms with Crippen LogP contribution in [0.15, 0.2) is 169 Å². The number of halogens is 4. The summed E-state index contributed by atoms with van der Waals surface area (Å²) in [5, 5.41) is 37.0. The van der Waals surface area contributed by atoms with Crippen molar-refractivity contribution >= 4 is 65.1 Å². The Kier molecular flexibility index (Phi) is 25.4. The number of ether oxygens (including phenoxy) is 4. The predicted octanol–water partition coefficient (Wildman–Crippen LogP) is 9.71. The molecule has 6 aromatic carbocycles. The number of methoxy groups -OCH3 is 3. The number of benzene rings is 6. The number of nitrogens with one attached hydrogen (secondary N) is 4. The molecule has 0 unspecified atom stereocenters. The molecule has 0 radical (unpaired) electrons. The third kappa shape index (κ3) is 18.4. The molecular formula is C97H85F4N15O16. The van der Waals surface area contributed by atoms with E-state index in [1.807, 2.05) is 30.0 Å². The van der Waals surface area contributed by atoms with Gasteiger partial charge in [-0.2, -0.15) is 5.10 Å². The van der Waals surface area contributed by atoms with Gasteiger partial charge in [-0.05, 0) is 160 Å². The second-order valence-corrected chi connectivity index (χ2v) is 33.3. The summed E-state index contributed by atoms with van der Waals surface area (Å²) in [5.41, 5.74) is 0.965. The molecule has 10 amide bonds. The fourth-order valence-corrected chi connectivity index (χ4v) is 16.2. The van der Waals surface area contributed by atoms with Crippen molar-refractivity contribution in [3.63, 3.8) is 0 Å². The molecule has 6 N–H and O–H groups in total. The van der Waals surface area contributed by atoms with Crippen LogP contribution in [0.3, 0.4) is 0 Å². The molecule has 11 heterocycles. The fraction of sp³-hybridized carbons (Fsp3) is 0.268. The van der Waals surface area contributed by atoms with E-state index in [9.17, 15) is 67.0 Å². The summed E-state index contributed by atoms with van der Waals surface area (Å²) >= 11 is 0. The van der Waals surface area contributed by atoms with Gasteiger partial charge in [0, 0.05) is 129 Å². The average molecular weight is 1790 g/mol. The van der Waals surface area contributed by atoms with Crippen molar-refractivity contribution in [3.8, 4) is 109 Å². The summed E-state index contributed by atoms with van der Waals surface area (Å²) in [5.74, 6) is 9.41. The molecule has 10 aromatic rings. The number of nitrogens with zero attached hydrogens (tertiary/aromatic N) is 11. The topological polar surface area (TPSA) is 381 Å². The number of piperazine rings is 1. The number of aromatic nitrogens is 5. The van der Waals surface area contributed by atoms with E-state index in [1.54, 1.807) is 135 Å². The number of hydrogen-bond donors (Lipinski definition) is 6. The van der Waals surface area contributed by atoms with Gasteiger partial charge in [-0.3, -0.25) is 73.7 Å². The Bertz CT molecular complexity index is 6690. The number of amidine groups is 1. The highest BCUT2D eigenvalue weighted by Gasteiger charge is 2.52. The number of esters is 1. The number of carbonyl (C=O) groups excluding carboxylic acids is 10. The van der Waals surface area contributed by atoms with Crippen molar-refractivity contribution in [2.24, 2.45) is 28.4 Å². The van der Waals surface area contributed by atoms with Crippen LogP contribution in [0.25, 0.3) is 45.0 Å². The number of likely N-dealkylation sites (N-methyl/N-ethyl adjacent to an activating group) is 1. The maximum Gasteiger partial charge on any atom is 0.323 e. The Morgan fingerprint density at radius 1 is 0.576 bits per heavy atom. The number of pyridine rings is 3. The first-order chi connectivity index (χ1) is 63.1. The first kappa shape index (κ1) is 90.7. The zero-order chi connectivity index (χ0) is 94.0. The van der Waals surface area contributed by atoms with E-state index in [-0.39, 0.29) is 125 Å². The third-order valence-corrected chi connectivity index (χ3v) is 23.3. The smallest absolute Gasteiger partial charge is 0.323 e. The van der Waals surface area contributed by atoms with E-state index in [2.05, 4.69) is 93.8 Å². The lowest BCUT2D eigenvalue weighted by Gasteiger charge is -2.40. The summed E-state index contributed by atoms with van der Waals surface area (Å²) in [6, 6.07) is 35.8. The highest BCUT2D eigenvalue weighted by Crippen LogP contribution is 2.41. The monoisotopic (exact) mass is 1790 g/mol. The molecular weight excluding hydrogens is 1710 g/mol. The van der Waals surface area contributed by atoms with Crippen LogP contribution in [0, 0.1) is 75.0 Å². The number of urea groups is 1. The van der Waals surface area contributed by atoms with Crippen LogP contribution in [-0.4, -0.2) is 203 Å². The Morgan fingerprint density at radius 3 is 1.67 bits per heavy atom. The lowest BCUT2D eigenvalue weighted by Crippen LogP contribution is -2.54. The number of carbonyl (C=O) groups is 10. The van der Waals surface area contributed by atoms with Gasteiger partial charge in [0.1, 0.15) is 45.4 Å². The number of aromatic hydroxyl groups is 1. The second kappa shape index (κ2) is 36.9. The van der Waals surface area contributed by atoms with Crippen molar-refractivity contribution in [1.29, 1.82) is 0 Å². The molecule has 7 aliphatic rings. The molecule has 17 rings (SSSR count). The van der Waals surface area contributed by atoms with Crippen LogP contribution in [0.4, 0.5) is 22.4 Å². The number of rotatable bonds is 16.